The van der Waals surface area contributed by atoms with Gasteiger partial charge in [0.25, 0.3) is 0 Å². The number of piperidine rings is 1. The number of nitrogens with one attached hydrogen (secondary N) is 2. The molecule has 0 aliphatic carbocycles. The first-order valence-corrected chi connectivity index (χ1v) is 8.82. The monoisotopic (exact) mass is 338 g/mol. The minimum Gasteiger partial charge on any atom is -0.489 e. The zero-order valence-electron chi connectivity index (χ0n) is 14.0. The number of ether oxygens (including phenoxy) is 1. The van der Waals surface area contributed by atoms with Crippen LogP contribution in [0.4, 0.5) is 0 Å². The van der Waals surface area contributed by atoms with Gasteiger partial charge in [-0.05, 0) is 69.0 Å². The molecule has 5 heteroatoms. The van der Waals surface area contributed by atoms with Crippen molar-refractivity contribution in [3.8, 4) is 5.75 Å². The number of rotatable bonds is 7. The van der Waals surface area contributed by atoms with Gasteiger partial charge in [-0.15, -0.1) is 0 Å². The molecule has 1 heterocycles. The smallest absolute Gasteiger partial charge is 0.220 e. The molecular weight excluding hydrogens is 312 g/mol. The predicted molar refractivity (Wildman–Crippen MR) is 93.9 cm³/mol. The highest BCUT2D eigenvalue weighted by molar-refractivity contribution is 6.30. The Labute approximate surface area is 143 Å². The lowest BCUT2D eigenvalue weighted by molar-refractivity contribution is -0.122. The zero-order chi connectivity index (χ0) is 16.7. The number of hydrogen-bond donors (Lipinski definition) is 2. The molecule has 1 aliphatic heterocycles. The fourth-order valence-electron chi connectivity index (χ4n) is 2.99. The second-order valence-electron chi connectivity index (χ2n) is 6.46. The third-order valence-corrected chi connectivity index (χ3v) is 4.69. The molecule has 2 N–H and O–H groups in total. The molecule has 0 bridgehead atoms. The molecule has 1 amide bonds. The Kier molecular flexibility index (Phi) is 7.18. The zero-order valence-corrected chi connectivity index (χ0v) is 14.7. The third-order valence-electron chi connectivity index (χ3n) is 4.43. The van der Waals surface area contributed by atoms with Crippen LogP contribution in [0.2, 0.25) is 5.02 Å². The van der Waals surface area contributed by atoms with E-state index >= 15 is 0 Å². The first-order chi connectivity index (χ1) is 11.0. The van der Waals surface area contributed by atoms with E-state index in [2.05, 4.69) is 17.6 Å². The summed E-state index contributed by atoms with van der Waals surface area (Å²) in [7, 11) is 0. The number of carbonyl (C=O) groups is 1. The predicted octanol–water partition coefficient (Wildman–Crippen LogP) is 3.25. The van der Waals surface area contributed by atoms with Gasteiger partial charge in [0.05, 0.1) is 6.54 Å². The summed E-state index contributed by atoms with van der Waals surface area (Å²) in [6, 6.07) is 7.26. The molecule has 23 heavy (non-hydrogen) atoms. The highest BCUT2D eigenvalue weighted by Gasteiger charge is 2.22. The Bertz CT molecular complexity index is 486. The van der Waals surface area contributed by atoms with Crippen LogP contribution in [0.3, 0.4) is 0 Å². The van der Waals surface area contributed by atoms with E-state index in [1.807, 2.05) is 19.1 Å². The van der Waals surface area contributed by atoms with Crippen LogP contribution >= 0.6 is 11.6 Å². The topological polar surface area (TPSA) is 50.4 Å². The van der Waals surface area contributed by atoms with Gasteiger partial charge in [-0.2, -0.15) is 0 Å². The average Bonchev–Trinajstić information content (AvgIpc) is 2.56. The molecule has 0 aromatic heterocycles. The molecule has 1 aliphatic rings. The van der Waals surface area contributed by atoms with Crippen LogP contribution in [0.5, 0.6) is 5.75 Å². The normalized spacial score (nSPS) is 18.2. The van der Waals surface area contributed by atoms with Gasteiger partial charge in [0.2, 0.25) is 5.91 Å². The minimum absolute atomic E-state index is 0.0747. The Hall–Kier alpha value is -1.26. The van der Waals surface area contributed by atoms with E-state index < -0.39 is 0 Å². The van der Waals surface area contributed by atoms with E-state index in [1.165, 1.54) is 12.8 Å². The summed E-state index contributed by atoms with van der Waals surface area (Å²) >= 11 is 5.85. The summed E-state index contributed by atoms with van der Waals surface area (Å²) < 4.78 is 5.76. The Balaban J connectivity index is 1.67. The maximum atomic E-state index is 12.1. The van der Waals surface area contributed by atoms with Crippen LogP contribution in [0.25, 0.3) is 0 Å². The minimum atomic E-state index is -0.0747. The Morgan fingerprint density at radius 1 is 1.30 bits per heavy atom. The summed E-state index contributed by atoms with van der Waals surface area (Å²) in [6.07, 6.45) is 2.86. The van der Waals surface area contributed by atoms with Gasteiger partial charge in [0.1, 0.15) is 11.9 Å². The molecule has 2 unspecified atom stereocenters. The molecule has 1 aromatic rings. The number of carbonyl (C=O) groups excluding carboxylic acids is 1. The van der Waals surface area contributed by atoms with Gasteiger partial charge in [0.15, 0.2) is 0 Å². The molecule has 1 saturated heterocycles. The van der Waals surface area contributed by atoms with Gasteiger partial charge < -0.3 is 15.4 Å². The fraction of sp³-hybridized carbons (Fsp3) is 0.611. The van der Waals surface area contributed by atoms with Gasteiger partial charge in [0, 0.05) is 11.4 Å². The van der Waals surface area contributed by atoms with Gasteiger partial charge >= 0.3 is 0 Å². The molecule has 2 atom stereocenters. The van der Waals surface area contributed by atoms with Crippen molar-refractivity contribution in [2.75, 3.05) is 19.6 Å². The summed E-state index contributed by atoms with van der Waals surface area (Å²) in [4.78, 5) is 12.1. The lowest BCUT2D eigenvalue weighted by Gasteiger charge is -2.28. The maximum Gasteiger partial charge on any atom is 0.220 e. The number of amides is 1. The first-order valence-electron chi connectivity index (χ1n) is 8.44. The van der Waals surface area contributed by atoms with Gasteiger partial charge in [-0.3, -0.25) is 4.79 Å². The van der Waals surface area contributed by atoms with Crippen molar-refractivity contribution in [2.45, 2.75) is 39.2 Å². The first kappa shape index (κ1) is 18.1. The van der Waals surface area contributed by atoms with Crippen LogP contribution in [-0.4, -0.2) is 31.6 Å². The van der Waals surface area contributed by atoms with Crippen molar-refractivity contribution >= 4 is 17.5 Å². The highest BCUT2D eigenvalue weighted by Crippen LogP contribution is 2.24. The van der Waals surface area contributed by atoms with Crippen LogP contribution in [0.15, 0.2) is 24.3 Å². The van der Waals surface area contributed by atoms with Crippen molar-refractivity contribution in [2.24, 2.45) is 11.8 Å². The summed E-state index contributed by atoms with van der Waals surface area (Å²) in [5.74, 6) is 1.97. The summed E-state index contributed by atoms with van der Waals surface area (Å²) in [6.45, 7) is 6.79. The Morgan fingerprint density at radius 3 is 2.61 bits per heavy atom. The third kappa shape index (κ3) is 6.40. The number of benzene rings is 1. The molecule has 1 aromatic carbocycles. The van der Waals surface area contributed by atoms with Crippen molar-refractivity contribution in [3.05, 3.63) is 29.3 Å². The second-order valence-corrected chi connectivity index (χ2v) is 6.89. The quantitative estimate of drug-likeness (QED) is 0.802. The number of hydrogen-bond acceptors (Lipinski definition) is 3. The summed E-state index contributed by atoms with van der Waals surface area (Å²) in [5, 5.41) is 7.03. The summed E-state index contributed by atoms with van der Waals surface area (Å²) in [5.41, 5.74) is 0. The SMILES string of the molecule is CC(CNC(=O)CC(C)C1CCNCC1)Oc1ccc(Cl)cc1. The highest BCUT2D eigenvalue weighted by atomic mass is 35.5. The standard InChI is InChI=1S/C18H27ClN2O2/c1-13(15-7-9-20-10-8-15)11-18(22)21-12-14(2)23-17-5-3-16(19)4-6-17/h3-6,13-15,20H,7-12H2,1-2H3,(H,21,22). The fourth-order valence-corrected chi connectivity index (χ4v) is 3.12. The molecule has 2 rings (SSSR count). The average molecular weight is 339 g/mol. The molecular formula is C18H27ClN2O2. The van der Waals surface area contributed by atoms with E-state index in [9.17, 15) is 4.79 Å². The molecule has 0 spiro atoms. The van der Waals surface area contributed by atoms with E-state index in [-0.39, 0.29) is 12.0 Å². The Morgan fingerprint density at radius 2 is 1.96 bits per heavy atom. The molecule has 128 valence electrons. The molecule has 1 fully saturated rings. The van der Waals surface area contributed by atoms with E-state index in [4.69, 9.17) is 16.3 Å². The van der Waals surface area contributed by atoms with E-state index in [0.717, 1.165) is 18.8 Å². The number of halogens is 1. The van der Waals surface area contributed by atoms with Crippen LogP contribution in [0.1, 0.15) is 33.1 Å². The van der Waals surface area contributed by atoms with Crippen molar-refractivity contribution < 1.29 is 9.53 Å². The van der Waals surface area contributed by atoms with Gasteiger partial charge in [-0.25, -0.2) is 0 Å². The van der Waals surface area contributed by atoms with Gasteiger partial charge in [-0.1, -0.05) is 18.5 Å². The lowest BCUT2D eigenvalue weighted by Crippen LogP contribution is -2.36. The molecule has 0 radical (unpaired) electrons. The maximum absolute atomic E-state index is 12.1. The van der Waals surface area contributed by atoms with Crippen LogP contribution in [-0.2, 0) is 4.79 Å². The van der Waals surface area contributed by atoms with Crippen molar-refractivity contribution in [3.63, 3.8) is 0 Å². The van der Waals surface area contributed by atoms with E-state index in [1.54, 1.807) is 12.1 Å². The van der Waals surface area contributed by atoms with E-state index in [0.29, 0.717) is 29.8 Å². The van der Waals surface area contributed by atoms with Crippen molar-refractivity contribution in [1.29, 1.82) is 0 Å². The van der Waals surface area contributed by atoms with Crippen molar-refractivity contribution in [1.82, 2.24) is 10.6 Å². The largest absolute Gasteiger partial charge is 0.489 e. The molecule has 4 nitrogen and oxygen atoms in total. The second kappa shape index (κ2) is 9.14. The van der Waals surface area contributed by atoms with Crippen LogP contribution in [0, 0.1) is 11.8 Å². The molecule has 0 saturated carbocycles. The lowest BCUT2D eigenvalue weighted by atomic mass is 9.84. The van der Waals surface area contributed by atoms with Crippen LogP contribution < -0.4 is 15.4 Å².